The summed E-state index contributed by atoms with van der Waals surface area (Å²) in [4.78, 5) is 24.2. The number of hydrogen-bond donors (Lipinski definition) is 1. The number of aromatic nitrogens is 1. The van der Waals surface area contributed by atoms with Crippen molar-refractivity contribution in [1.82, 2.24) is 4.98 Å². The van der Waals surface area contributed by atoms with Gasteiger partial charge in [0.2, 0.25) is 0 Å². The Labute approximate surface area is 79.4 Å². The van der Waals surface area contributed by atoms with Gasteiger partial charge in [0.25, 0.3) is 5.69 Å². The van der Waals surface area contributed by atoms with Crippen molar-refractivity contribution >= 4 is 11.7 Å². The van der Waals surface area contributed by atoms with Gasteiger partial charge in [-0.15, -0.1) is 0 Å². The molecule has 0 amide bonds. The van der Waals surface area contributed by atoms with Gasteiger partial charge in [0, 0.05) is 12.3 Å². The molecule has 0 aliphatic rings. The minimum absolute atomic E-state index is 0.0231. The Hall–Kier alpha value is -1.98. The maximum atomic E-state index is 10.6. The average molecular weight is 196 g/mol. The number of aliphatic carboxylic acids is 1. The molecule has 1 N–H and O–H groups in total. The molecule has 0 aromatic carbocycles. The van der Waals surface area contributed by atoms with Crippen LogP contribution in [-0.2, 0) is 4.79 Å². The lowest BCUT2D eigenvalue weighted by atomic mass is 10.1. The molecule has 1 atom stereocenters. The van der Waals surface area contributed by atoms with Crippen molar-refractivity contribution in [3.8, 4) is 0 Å². The van der Waals surface area contributed by atoms with Crippen LogP contribution >= 0.6 is 0 Å². The molecule has 0 saturated heterocycles. The van der Waals surface area contributed by atoms with E-state index in [2.05, 4.69) is 4.98 Å². The van der Waals surface area contributed by atoms with Crippen LogP contribution in [0.5, 0.6) is 0 Å². The first kappa shape index (κ1) is 10.1. The molecule has 0 bridgehead atoms. The van der Waals surface area contributed by atoms with E-state index >= 15 is 0 Å². The third-order valence-corrected chi connectivity index (χ3v) is 1.79. The lowest BCUT2D eigenvalue weighted by Crippen LogP contribution is -2.11. The van der Waals surface area contributed by atoms with Crippen molar-refractivity contribution < 1.29 is 14.8 Å². The van der Waals surface area contributed by atoms with Gasteiger partial charge in [-0.1, -0.05) is 0 Å². The van der Waals surface area contributed by atoms with E-state index in [1.54, 1.807) is 0 Å². The largest absolute Gasteiger partial charge is 0.481 e. The second-order valence-corrected chi connectivity index (χ2v) is 2.72. The van der Waals surface area contributed by atoms with Gasteiger partial charge in [-0.05, 0) is 13.0 Å². The maximum absolute atomic E-state index is 10.6. The summed E-state index contributed by atoms with van der Waals surface area (Å²) in [5, 5.41) is 19.2. The number of nitro groups is 1. The van der Waals surface area contributed by atoms with Crippen LogP contribution in [0, 0.1) is 10.1 Å². The van der Waals surface area contributed by atoms with E-state index in [0.717, 1.165) is 0 Å². The highest BCUT2D eigenvalue weighted by Gasteiger charge is 2.24. The molecule has 1 heterocycles. The summed E-state index contributed by atoms with van der Waals surface area (Å²) in [5.41, 5.74) is -0.285. The van der Waals surface area contributed by atoms with E-state index in [-0.39, 0.29) is 11.4 Å². The Bertz CT molecular complexity index is 377. The summed E-state index contributed by atoms with van der Waals surface area (Å²) in [5.74, 6) is -2.11. The highest BCUT2D eigenvalue weighted by molar-refractivity contribution is 5.76. The van der Waals surface area contributed by atoms with Gasteiger partial charge in [-0.25, -0.2) is 0 Å². The fourth-order valence-corrected chi connectivity index (χ4v) is 1.01. The van der Waals surface area contributed by atoms with Crippen LogP contribution in [0.25, 0.3) is 0 Å². The van der Waals surface area contributed by atoms with E-state index in [1.165, 1.54) is 25.3 Å². The predicted octanol–water partition coefficient (Wildman–Crippen LogP) is 1.18. The van der Waals surface area contributed by atoms with Crippen molar-refractivity contribution in [3.63, 3.8) is 0 Å². The molecule has 0 radical (unpaired) electrons. The molecule has 0 fully saturated rings. The van der Waals surface area contributed by atoms with Gasteiger partial charge in [0.15, 0.2) is 0 Å². The van der Waals surface area contributed by atoms with Crippen molar-refractivity contribution in [2.45, 2.75) is 12.8 Å². The number of carboxylic acids is 1. The third-order valence-electron chi connectivity index (χ3n) is 1.79. The molecule has 6 nitrogen and oxygen atoms in total. The van der Waals surface area contributed by atoms with Crippen molar-refractivity contribution in [2.24, 2.45) is 0 Å². The zero-order chi connectivity index (χ0) is 10.7. The molecule has 0 aliphatic heterocycles. The van der Waals surface area contributed by atoms with Gasteiger partial charge in [0.05, 0.1) is 4.92 Å². The molecule has 0 aliphatic carbocycles. The fourth-order valence-electron chi connectivity index (χ4n) is 1.01. The molecule has 0 saturated carbocycles. The van der Waals surface area contributed by atoms with E-state index in [0.29, 0.717) is 0 Å². The van der Waals surface area contributed by atoms with E-state index in [9.17, 15) is 14.9 Å². The van der Waals surface area contributed by atoms with Gasteiger partial charge in [-0.3, -0.25) is 19.9 Å². The van der Waals surface area contributed by atoms with Crippen LogP contribution in [0.15, 0.2) is 18.3 Å². The van der Waals surface area contributed by atoms with Crippen LogP contribution in [0.2, 0.25) is 0 Å². The predicted molar refractivity (Wildman–Crippen MR) is 46.9 cm³/mol. The quantitative estimate of drug-likeness (QED) is 0.578. The topological polar surface area (TPSA) is 93.3 Å². The van der Waals surface area contributed by atoms with E-state index < -0.39 is 16.8 Å². The van der Waals surface area contributed by atoms with Crippen molar-refractivity contribution in [2.75, 3.05) is 0 Å². The molecule has 0 spiro atoms. The van der Waals surface area contributed by atoms with E-state index in [4.69, 9.17) is 5.11 Å². The van der Waals surface area contributed by atoms with Gasteiger partial charge in [-0.2, -0.15) is 0 Å². The number of hydrogen-bond acceptors (Lipinski definition) is 4. The van der Waals surface area contributed by atoms with Crippen molar-refractivity contribution in [1.29, 1.82) is 0 Å². The first-order chi connectivity index (χ1) is 6.54. The highest BCUT2D eigenvalue weighted by atomic mass is 16.6. The smallest absolute Gasteiger partial charge is 0.312 e. The van der Waals surface area contributed by atoms with Gasteiger partial charge in [0.1, 0.15) is 11.6 Å². The lowest BCUT2D eigenvalue weighted by Gasteiger charge is -2.04. The SMILES string of the molecule is CC(C(=O)O)c1ncccc1[N+](=O)[O-]. The van der Waals surface area contributed by atoms with Crippen LogP contribution in [0.1, 0.15) is 18.5 Å². The maximum Gasteiger partial charge on any atom is 0.312 e. The van der Waals surface area contributed by atoms with E-state index in [1.807, 2.05) is 0 Å². The molecule has 14 heavy (non-hydrogen) atoms. The fraction of sp³-hybridized carbons (Fsp3) is 0.250. The molecular formula is C8H8N2O4. The molecule has 1 aromatic heterocycles. The molecule has 1 rings (SSSR count). The molecular weight excluding hydrogens is 188 g/mol. The number of carbonyl (C=O) groups is 1. The highest BCUT2D eigenvalue weighted by Crippen LogP contribution is 2.23. The van der Waals surface area contributed by atoms with Crippen LogP contribution in [0.4, 0.5) is 5.69 Å². The van der Waals surface area contributed by atoms with Gasteiger partial charge < -0.3 is 5.11 Å². The lowest BCUT2D eigenvalue weighted by molar-refractivity contribution is -0.386. The van der Waals surface area contributed by atoms with Gasteiger partial charge >= 0.3 is 5.97 Å². The Morgan fingerprint density at radius 1 is 1.71 bits per heavy atom. The second kappa shape index (κ2) is 3.82. The number of nitrogens with zero attached hydrogens (tertiary/aromatic N) is 2. The zero-order valence-electron chi connectivity index (χ0n) is 7.38. The molecule has 6 heteroatoms. The minimum atomic E-state index is -1.13. The summed E-state index contributed by atoms with van der Waals surface area (Å²) in [6.45, 7) is 1.36. The Morgan fingerprint density at radius 2 is 2.36 bits per heavy atom. The van der Waals surface area contributed by atoms with Crippen LogP contribution in [0.3, 0.4) is 0 Å². The normalized spacial score (nSPS) is 12.1. The summed E-state index contributed by atoms with van der Waals surface area (Å²) in [6.07, 6.45) is 1.34. The standard InChI is InChI=1S/C8H8N2O4/c1-5(8(11)12)7-6(10(13)14)3-2-4-9-7/h2-5H,1H3,(H,11,12). The average Bonchev–Trinajstić information content (AvgIpc) is 2.16. The summed E-state index contributed by atoms with van der Waals surface area (Å²) in [7, 11) is 0. The van der Waals surface area contributed by atoms with Crippen LogP contribution < -0.4 is 0 Å². The van der Waals surface area contributed by atoms with Crippen molar-refractivity contribution in [3.05, 3.63) is 34.1 Å². The first-order valence-corrected chi connectivity index (χ1v) is 3.86. The van der Waals surface area contributed by atoms with Crippen LogP contribution in [-0.4, -0.2) is 21.0 Å². The molecule has 1 unspecified atom stereocenters. The summed E-state index contributed by atoms with van der Waals surface area (Å²) < 4.78 is 0. The monoisotopic (exact) mass is 196 g/mol. The zero-order valence-corrected chi connectivity index (χ0v) is 7.38. The Morgan fingerprint density at radius 3 is 2.86 bits per heavy atom. The third kappa shape index (κ3) is 1.85. The summed E-state index contributed by atoms with van der Waals surface area (Å²) >= 11 is 0. The first-order valence-electron chi connectivity index (χ1n) is 3.86. The minimum Gasteiger partial charge on any atom is -0.481 e. The summed E-state index contributed by atoms with van der Waals surface area (Å²) in [6, 6.07) is 2.64. The Balaban J connectivity index is 3.19. The Kier molecular flexibility index (Phi) is 2.76. The number of carboxylic acid groups (broad SMARTS) is 1. The second-order valence-electron chi connectivity index (χ2n) is 2.72. The number of rotatable bonds is 3. The molecule has 74 valence electrons. The molecule has 1 aromatic rings. The number of pyridine rings is 1.